The van der Waals surface area contributed by atoms with Crippen LogP contribution in [0.1, 0.15) is 32.0 Å². The van der Waals surface area contributed by atoms with Crippen molar-refractivity contribution >= 4 is 44.4 Å². The number of nitrogens with zero attached hydrogens (tertiary/aromatic N) is 4. The highest BCUT2D eigenvalue weighted by atomic mass is 32.1. The highest BCUT2D eigenvalue weighted by molar-refractivity contribution is 7.21. The normalized spacial score (nSPS) is 11.4. The van der Waals surface area contributed by atoms with Crippen molar-refractivity contribution in [1.82, 2.24) is 20.3 Å². The van der Waals surface area contributed by atoms with Crippen LogP contribution in [0.4, 0.5) is 10.5 Å². The number of thiazole rings is 1. The molecule has 10 heteroatoms. The number of alkyl carbamates (subject to hydrolysis) is 1. The molecule has 9 nitrogen and oxygen atoms in total. The molecule has 1 N–H and O–H groups in total. The number of amides is 1. The van der Waals surface area contributed by atoms with Gasteiger partial charge >= 0.3 is 6.09 Å². The molecule has 186 valence electrons. The number of ether oxygens (including phenoxy) is 3. The van der Waals surface area contributed by atoms with E-state index in [0.717, 1.165) is 37.6 Å². The lowest BCUT2D eigenvalue weighted by atomic mass is 10.1. The van der Waals surface area contributed by atoms with Crippen LogP contribution in [-0.4, -0.2) is 46.9 Å². The third-order valence-electron chi connectivity index (χ3n) is 4.97. The Kier molecular flexibility index (Phi) is 7.33. The molecule has 1 amide bonds. The zero-order chi connectivity index (χ0) is 25.9. The van der Waals surface area contributed by atoms with Crippen molar-refractivity contribution in [2.45, 2.75) is 39.9 Å². The lowest BCUT2D eigenvalue weighted by Gasteiger charge is -2.19. The first kappa shape index (κ1) is 25.3. The molecule has 4 aromatic rings. The van der Waals surface area contributed by atoms with Crippen molar-refractivity contribution in [3.05, 3.63) is 53.1 Å². The number of aromatic nitrogens is 3. The average Bonchev–Trinajstić information content (AvgIpc) is 3.24. The predicted molar refractivity (Wildman–Crippen MR) is 140 cm³/mol. The van der Waals surface area contributed by atoms with Crippen molar-refractivity contribution in [2.75, 3.05) is 20.3 Å². The van der Waals surface area contributed by atoms with Gasteiger partial charge in [0.1, 0.15) is 23.0 Å². The Morgan fingerprint density at radius 1 is 1.17 bits per heavy atom. The molecule has 2 aromatic heterocycles. The van der Waals surface area contributed by atoms with Gasteiger partial charge in [0.05, 0.1) is 48.2 Å². The molecule has 0 unspecified atom stereocenters. The highest BCUT2D eigenvalue weighted by Crippen LogP contribution is 2.40. The topological polar surface area (TPSA) is 99.8 Å². The van der Waals surface area contributed by atoms with E-state index >= 15 is 0 Å². The smallest absolute Gasteiger partial charge is 0.407 e. The zero-order valence-corrected chi connectivity index (χ0v) is 21.7. The van der Waals surface area contributed by atoms with Gasteiger partial charge in [-0.15, -0.1) is 11.3 Å². The van der Waals surface area contributed by atoms with Crippen LogP contribution in [0.5, 0.6) is 5.75 Å². The fourth-order valence-corrected chi connectivity index (χ4v) is 4.62. The number of aryl methyl sites for hydroxylation is 1. The Morgan fingerprint density at radius 3 is 2.69 bits per heavy atom. The van der Waals surface area contributed by atoms with Crippen LogP contribution in [0.15, 0.2) is 30.5 Å². The van der Waals surface area contributed by atoms with Crippen molar-refractivity contribution < 1.29 is 19.0 Å². The monoisotopic (exact) mass is 505 g/mol. The Hall–Kier alpha value is -3.81. The summed E-state index contributed by atoms with van der Waals surface area (Å²) < 4.78 is 17.0. The van der Waals surface area contributed by atoms with E-state index in [-0.39, 0.29) is 13.2 Å². The zero-order valence-electron chi connectivity index (χ0n) is 20.8. The number of carbonyl (C=O) groups is 1. The van der Waals surface area contributed by atoms with Crippen molar-refractivity contribution in [3.8, 4) is 16.3 Å². The van der Waals surface area contributed by atoms with E-state index in [4.69, 9.17) is 25.8 Å². The largest absolute Gasteiger partial charge is 0.493 e. The van der Waals surface area contributed by atoms with Gasteiger partial charge in [0.25, 0.3) is 0 Å². The molecule has 0 spiro atoms. The molecule has 36 heavy (non-hydrogen) atoms. The molecule has 0 bridgehead atoms. The standard InChI is InChI=1S/C26H27N5O4S/c1-15-9-18(22-20(10-15)30-16(13-29-22)14-33-6)24-31-23-19(27-5)11-17(12-21(23)36-24)34-8-7-28-25(32)35-26(2,3)4/h9-13H,7-8,14H2,1-4,6H3,(H,28,32). The summed E-state index contributed by atoms with van der Waals surface area (Å²) in [5.41, 5.74) is 4.61. The van der Waals surface area contributed by atoms with Gasteiger partial charge in [0, 0.05) is 17.4 Å². The van der Waals surface area contributed by atoms with E-state index in [1.165, 1.54) is 11.3 Å². The SMILES string of the molecule is [C-]#[N+]c1cc(OCCNC(=O)OC(C)(C)C)cc2sc(-c3cc(C)cc4nc(COC)cnc34)nc12. The van der Waals surface area contributed by atoms with Gasteiger partial charge in [-0.05, 0) is 57.5 Å². The number of fused-ring (bicyclic) bond motifs is 2. The van der Waals surface area contributed by atoms with Crippen LogP contribution in [0.25, 0.3) is 36.7 Å². The number of methoxy groups -OCH3 is 1. The van der Waals surface area contributed by atoms with Gasteiger partial charge in [-0.1, -0.05) is 0 Å². The number of benzene rings is 2. The summed E-state index contributed by atoms with van der Waals surface area (Å²) >= 11 is 1.47. The Balaban J connectivity index is 1.59. The van der Waals surface area contributed by atoms with E-state index in [2.05, 4.69) is 20.1 Å². The summed E-state index contributed by atoms with van der Waals surface area (Å²) in [5.74, 6) is 0.535. The summed E-state index contributed by atoms with van der Waals surface area (Å²) in [6, 6.07) is 7.54. The minimum absolute atomic E-state index is 0.232. The van der Waals surface area contributed by atoms with Crippen molar-refractivity contribution in [1.29, 1.82) is 0 Å². The summed E-state index contributed by atoms with van der Waals surface area (Å²) in [4.78, 5) is 29.5. The number of rotatable bonds is 7. The molecular formula is C26H27N5O4S. The molecule has 0 saturated carbocycles. The third kappa shape index (κ3) is 5.87. The second-order valence-corrected chi connectivity index (χ2v) is 10.2. The van der Waals surface area contributed by atoms with Gasteiger partial charge in [0.2, 0.25) is 5.69 Å². The summed E-state index contributed by atoms with van der Waals surface area (Å²) in [5, 5.41) is 3.41. The van der Waals surface area contributed by atoms with Crippen LogP contribution < -0.4 is 10.1 Å². The summed E-state index contributed by atoms with van der Waals surface area (Å²) in [6.45, 7) is 15.9. The van der Waals surface area contributed by atoms with Crippen molar-refractivity contribution in [2.24, 2.45) is 0 Å². The lowest BCUT2D eigenvalue weighted by Crippen LogP contribution is -2.34. The molecular weight excluding hydrogens is 478 g/mol. The molecule has 0 saturated heterocycles. The quantitative estimate of drug-likeness (QED) is 0.250. The molecule has 0 fully saturated rings. The van der Waals surface area contributed by atoms with E-state index < -0.39 is 11.7 Å². The van der Waals surface area contributed by atoms with Gasteiger partial charge in [-0.2, -0.15) is 0 Å². The molecule has 0 aliphatic carbocycles. The number of nitrogens with one attached hydrogen (secondary N) is 1. The van der Waals surface area contributed by atoms with E-state index in [0.29, 0.717) is 23.6 Å². The van der Waals surface area contributed by atoms with E-state index in [1.54, 1.807) is 40.1 Å². The number of hydrogen-bond donors (Lipinski definition) is 1. The molecule has 2 aromatic carbocycles. The molecule has 0 aliphatic heterocycles. The third-order valence-corrected chi connectivity index (χ3v) is 6.01. The molecule has 2 heterocycles. The van der Waals surface area contributed by atoms with E-state index in [1.807, 2.05) is 25.1 Å². The number of carbonyl (C=O) groups excluding carboxylic acids is 1. The number of hydrogen-bond acceptors (Lipinski definition) is 8. The summed E-state index contributed by atoms with van der Waals surface area (Å²) in [7, 11) is 1.62. The van der Waals surface area contributed by atoms with Gasteiger partial charge in [0.15, 0.2) is 0 Å². The molecule has 4 rings (SSSR count). The Morgan fingerprint density at radius 2 is 1.97 bits per heavy atom. The minimum atomic E-state index is -0.565. The van der Waals surface area contributed by atoms with Crippen LogP contribution in [0, 0.1) is 13.5 Å². The molecule has 0 atom stereocenters. The fourth-order valence-electron chi connectivity index (χ4n) is 3.59. The maximum Gasteiger partial charge on any atom is 0.407 e. The van der Waals surface area contributed by atoms with Gasteiger partial charge in [-0.25, -0.2) is 19.6 Å². The predicted octanol–water partition coefficient (Wildman–Crippen LogP) is 5.82. The first-order valence-electron chi connectivity index (χ1n) is 11.3. The molecule has 0 radical (unpaired) electrons. The highest BCUT2D eigenvalue weighted by Gasteiger charge is 2.17. The minimum Gasteiger partial charge on any atom is -0.493 e. The molecule has 0 aliphatic rings. The fraction of sp³-hybridized carbons (Fsp3) is 0.346. The second kappa shape index (κ2) is 10.4. The van der Waals surface area contributed by atoms with Crippen LogP contribution in [0.2, 0.25) is 0 Å². The lowest BCUT2D eigenvalue weighted by molar-refractivity contribution is 0.0520. The van der Waals surface area contributed by atoms with Crippen LogP contribution in [0.3, 0.4) is 0 Å². The van der Waals surface area contributed by atoms with Crippen LogP contribution in [-0.2, 0) is 16.1 Å². The summed E-state index contributed by atoms with van der Waals surface area (Å²) in [6.07, 6.45) is 1.21. The Bertz CT molecular complexity index is 1470. The maximum absolute atomic E-state index is 11.8. The average molecular weight is 506 g/mol. The Labute approximate surface area is 213 Å². The van der Waals surface area contributed by atoms with Gasteiger partial charge in [-0.3, -0.25) is 4.98 Å². The van der Waals surface area contributed by atoms with E-state index in [9.17, 15) is 4.79 Å². The van der Waals surface area contributed by atoms with Crippen molar-refractivity contribution in [3.63, 3.8) is 0 Å². The second-order valence-electron chi connectivity index (χ2n) is 9.17. The first-order valence-corrected chi connectivity index (χ1v) is 12.2. The van der Waals surface area contributed by atoms with Gasteiger partial charge < -0.3 is 19.5 Å². The van der Waals surface area contributed by atoms with Crippen LogP contribution >= 0.6 is 11.3 Å². The maximum atomic E-state index is 11.8. The first-order chi connectivity index (χ1) is 17.2.